The van der Waals surface area contributed by atoms with Crippen molar-refractivity contribution in [1.29, 1.82) is 0 Å². The maximum absolute atomic E-state index is 10.6. The van der Waals surface area contributed by atoms with E-state index in [1.165, 1.54) is 0 Å². The van der Waals surface area contributed by atoms with Crippen molar-refractivity contribution in [3.8, 4) is 0 Å². The highest BCUT2D eigenvalue weighted by Crippen LogP contribution is 2.17. The van der Waals surface area contributed by atoms with Crippen LogP contribution in [0.5, 0.6) is 0 Å². The van der Waals surface area contributed by atoms with Crippen LogP contribution in [0.25, 0.3) is 0 Å². The molecule has 17 heavy (non-hydrogen) atoms. The monoisotopic (exact) mass is 237 g/mol. The third-order valence-electron chi connectivity index (χ3n) is 3.18. The molecule has 5 nitrogen and oxygen atoms in total. The predicted molar refractivity (Wildman–Crippen MR) is 62.5 cm³/mol. The molecule has 0 saturated carbocycles. The van der Waals surface area contributed by atoms with Crippen LogP contribution in [0.15, 0.2) is 4.52 Å². The van der Waals surface area contributed by atoms with E-state index in [9.17, 15) is 4.79 Å². The van der Waals surface area contributed by atoms with Gasteiger partial charge in [-0.15, -0.1) is 0 Å². The first-order chi connectivity index (χ1) is 8.19. The van der Waals surface area contributed by atoms with Gasteiger partial charge in [0, 0.05) is 11.8 Å². The highest BCUT2D eigenvalue weighted by Gasteiger charge is 2.20. The molecule has 1 saturated heterocycles. The normalized spacial score (nSPS) is 18.8. The minimum atomic E-state index is 0.236. The molecule has 2 heterocycles. The van der Waals surface area contributed by atoms with Gasteiger partial charge in [-0.2, -0.15) is 4.98 Å². The van der Waals surface area contributed by atoms with Crippen molar-refractivity contribution in [2.75, 3.05) is 13.1 Å². The molecule has 1 aliphatic heterocycles. The molecule has 0 atom stereocenters. The van der Waals surface area contributed by atoms with Crippen molar-refractivity contribution in [3.05, 3.63) is 11.7 Å². The van der Waals surface area contributed by atoms with Crippen LogP contribution in [-0.4, -0.2) is 34.4 Å². The van der Waals surface area contributed by atoms with E-state index in [-0.39, 0.29) is 5.92 Å². The zero-order valence-corrected chi connectivity index (χ0v) is 10.4. The van der Waals surface area contributed by atoms with Gasteiger partial charge in [0.15, 0.2) is 5.82 Å². The van der Waals surface area contributed by atoms with Crippen LogP contribution >= 0.6 is 0 Å². The number of likely N-dealkylation sites (tertiary alicyclic amines) is 1. The van der Waals surface area contributed by atoms with Gasteiger partial charge in [0.05, 0.1) is 6.54 Å². The fourth-order valence-electron chi connectivity index (χ4n) is 2.01. The van der Waals surface area contributed by atoms with Crippen molar-refractivity contribution < 1.29 is 9.32 Å². The first kappa shape index (κ1) is 12.2. The first-order valence-electron chi connectivity index (χ1n) is 6.19. The van der Waals surface area contributed by atoms with Crippen molar-refractivity contribution >= 4 is 6.29 Å². The molecule has 0 radical (unpaired) electrons. The molecular formula is C12H19N3O2. The highest BCUT2D eigenvalue weighted by molar-refractivity contribution is 5.53. The highest BCUT2D eigenvalue weighted by atomic mass is 16.5. The maximum atomic E-state index is 10.6. The third kappa shape index (κ3) is 3.12. The summed E-state index contributed by atoms with van der Waals surface area (Å²) in [6.45, 7) is 6.66. The summed E-state index contributed by atoms with van der Waals surface area (Å²) in [5.74, 6) is 1.98. The van der Waals surface area contributed by atoms with Gasteiger partial charge in [0.2, 0.25) is 5.89 Å². The Hall–Kier alpha value is -1.23. The molecule has 0 bridgehead atoms. The van der Waals surface area contributed by atoms with Gasteiger partial charge in [-0.3, -0.25) is 4.90 Å². The van der Waals surface area contributed by atoms with Crippen molar-refractivity contribution in [1.82, 2.24) is 15.0 Å². The van der Waals surface area contributed by atoms with E-state index in [0.29, 0.717) is 18.4 Å². The van der Waals surface area contributed by atoms with E-state index < -0.39 is 0 Å². The SMILES string of the molecule is CC(C)c1noc(CN2CCC(C=O)CC2)n1. The molecule has 5 heteroatoms. The molecule has 0 aliphatic carbocycles. The molecule has 1 fully saturated rings. The Morgan fingerprint density at radius 2 is 2.18 bits per heavy atom. The van der Waals surface area contributed by atoms with Crippen LogP contribution in [0.3, 0.4) is 0 Å². The molecule has 1 aromatic heterocycles. The molecule has 2 rings (SSSR count). The third-order valence-corrected chi connectivity index (χ3v) is 3.18. The molecule has 1 aliphatic rings. The second-order valence-corrected chi connectivity index (χ2v) is 4.95. The molecule has 0 N–H and O–H groups in total. The Balaban J connectivity index is 1.86. The lowest BCUT2D eigenvalue weighted by molar-refractivity contribution is -0.112. The van der Waals surface area contributed by atoms with Crippen molar-refractivity contribution in [2.45, 2.75) is 39.2 Å². The predicted octanol–water partition coefficient (Wildman–Crippen LogP) is 1.60. The van der Waals surface area contributed by atoms with Crippen LogP contribution < -0.4 is 0 Å². The summed E-state index contributed by atoms with van der Waals surface area (Å²) >= 11 is 0. The van der Waals surface area contributed by atoms with E-state index in [1.54, 1.807) is 0 Å². The van der Waals surface area contributed by atoms with Crippen LogP contribution in [0.4, 0.5) is 0 Å². The van der Waals surface area contributed by atoms with Crippen LogP contribution in [0.1, 0.15) is 44.3 Å². The van der Waals surface area contributed by atoms with Gasteiger partial charge in [0.25, 0.3) is 0 Å². The minimum absolute atomic E-state index is 0.236. The molecule has 0 amide bonds. The maximum Gasteiger partial charge on any atom is 0.240 e. The average Bonchev–Trinajstić information content (AvgIpc) is 2.79. The van der Waals surface area contributed by atoms with Gasteiger partial charge in [0.1, 0.15) is 6.29 Å². The van der Waals surface area contributed by atoms with E-state index in [4.69, 9.17) is 4.52 Å². The van der Waals surface area contributed by atoms with E-state index in [2.05, 4.69) is 15.0 Å². The standard InChI is InChI=1S/C12H19N3O2/c1-9(2)12-13-11(17-14-12)7-15-5-3-10(8-16)4-6-15/h8-10H,3-7H2,1-2H3. The smallest absolute Gasteiger partial charge is 0.240 e. The largest absolute Gasteiger partial charge is 0.338 e. The Bertz CT molecular complexity index is 368. The summed E-state index contributed by atoms with van der Waals surface area (Å²) in [7, 11) is 0. The van der Waals surface area contributed by atoms with E-state index in [0.717, 1.165) is 38.0 Å². The molecule has 0 spiro atoms. The molecule has 1 aromatic rings. The molecule has 94 valence electrons. The van der Waals surface area contributed by atoms with Gasteiger partial charge >= 0.3 is 0 Å². The number of piperidine rings is 1. The van der Waals surface area contributed by atoms with E-state index >= 15 is 0 Å². The zero-order valence-electron chi connectivity index (χ0n) is 10.4. The second-order valence-electron chi connectivity index (χ2n) is 4.95. The van der Waals surface area contributed by atoms with E-state index in [1.807, 2.05) is 13.8 Å². The van der Waals surface area contributed by atoms with Gasteiger partial charge < -0.3 is 9.32 Å². The topological polar surface area (TPSA) is 59.2 Å². The molecule has 0 aromatic carbocycles. The lowest BCUT2D eigenvalue weighted by Crippen LogP contribution is -2.33. The van der Waals surface area contributed by atoms with Crippen LogP contribution in [0.2, 0.25) is 0 Å². The van der Waals surface area contributed by atoms with Gasteiger partial charge in [-0.1, -0.05) is 19.0 Å². The number of carbonyl (C=O) groups is 1. The number of carbonyl (C=O) groups excluding carboxylic acids is 1. The second kappa shape index (κ2) is 5.40. The summed E-state index contributed by atoms with van der Waals surface area (Å²) in [6, 6.07) is 0. The summed E-state index contributed by atoms with van der Waals surface area (Å²) in [4.78, 5) is 17.3. The fraction of sp³-hybridized carbons (Fsp3) is 0.750. The Morgan fingerprint density at radius 3 is 2.71 bits per heavy atom. The number of hydrogen-bond donors (Lipinski definition) is 0. The summed E-state index contributed by atoms with van der Waals surface area (Å²) < 4.78 is 5.21. The summed E-state index contributed by atoms with van der Waals surface area (Å²) in [5, 5.41) is 3.94. The molecule has 0 unspecified atom stereocenters. The Morgan fingerprint density at radius 1 is 1.47 bits per heavy atom. The molecular weight excluding hydrogens is 218 g/mol. The average molecular weight is 237 g/mol. The van der Waals surface area contributed by atoms with Crippen LogP contribution in [-0.2, 0) is 11.3 Å². The number of aldehydes is 1. The quantitative estimate of drug-likeness (QED) is 0.744. The lowest BCUT2D eigenvalue weighted by Gasteiger charge is -2.27. The van der Waals surface area contributed by atoms with Crippen molar-refractivity contribution in [3.63, 3.8) is 0 Å². The first-order valence-corrected chi connectivity index (χ1v) is 6.19. The van der Waals surface area contributed by atoms with Crippen LogP contribution in [0, 0.1) is 5.92 Å². The number of rotatable bonds is 4. The number of hydrogen-bond acceptors (Lipinski definition) is 5. The van der Waals surface area contributed by atoms with Gasteiger partial charge in [-0.25, -0.2) is 0 Å². The fourth-order valence-corrected chi connectivity index (χ4v) is 2.01. The zero-order chi connectivity index (χ0) is 12.3. The number of nitrogens with zero attached hydrogens (tertiary/aromatic N) is 3. The minimum Gasteiger partial charge on any atom is -0.338 e. The summed E-state index contributed by atoms with van der Waals surface area (Å²) in [5.41, 5.74) is 0. The van der Waals surface area contributed by atoms with Crippen molar-refractivity contribution in [2.24, 2.45) is 5.92 Å². The lowest BCUT2D eigenvalue weighted by atomic mass is 9.99. The Kier molecular flexibility index (Phi) is 3.89. The Labute approximate surface area is 101 Å². The van der Waals surface area contributed by atoms with Gasteiger partial charge in [-0.05, 0) is 25.9 Å². The summed E-state index contributed by atoms with van der Waals surface area (Å²) in [6.07, 6.45) is 2.95. The number of aromatic nitrogens is 2.